The Bertz CT molecular complexity index is 979. The Hall–Kier alpha value is -3.44. The predicted octanol–water partition coefficient (Wildman–Crippen LogP) is 3.37. The Labute approximate surface area is 158 Å². The zero-order chi connectivity index (χ0) is 19.4. The van der Waals surface area contributed by atoms with E-state index in [-0.39, 0.29) is 4.91 Å². The summed E-state index contributed by atoms with van der Waals surface area (Å²) in [6.45, 7) is -0.438. The SMILES string of the molecule is N#Cc1ccc(/C=C2/SC(=O)N(CC(=O)Nc3ccc(F)cc3)C2=O)cc1. The number of hydrogen-bond acceptors (Lipinski definition) is 5. The zero-order valence-electron chi connectivity index (χ0n) is 13.8. The Balaban J connectivity index is 1.68. The fourth-order valence-corrected chi connectivity index (χ4v) is 3.16. The summed E-state index contributed by atoms with van der Waals surface area (Å²) < 4.78 is 12.9. The number of halogens is 1. The third-order valence-electron chi connectivity index (χ3n) is 3.64. The van der Waals surface area contributed by atoms with Crippen molar-refractivity contribution < 1.29 is 18.8 Å². The second-order valence-electron chi connectivity index (χ2n) is 5.56. The van der Waals surface area contributed by atoms with Crippen molar-refractivity contribution in [3.05, 3.63) is 70.4 Å². The molecule has 1 N–H and O–H groups in total. The van der Waals surface area contributed by atoms with Gasteiger partial charge in [-0.1, -0.05) is 12.1 Å². The van der Waals surface area contributed by atoms with Crippen molar-refractivity contribution in [2.75, 3.05) is 11.9 Å². The summed E-state index contributed by atoms with van der Waals surface area (Å²) >= 11 is 0.741. The van der Waals surface area contributed by atoms with Crippen molar-refractivity contribution in [2.24, 2.45) is 0 Å². The number of hydrogen-bond donors (Lipinski definition) is 1. The van der Waals surface area contributed by atoms with E-state index in [0.717, 1.165) is 16.7 Å². The van der Waals surface area contributed by atoms with Crippen molar-refractivity contribution in [2.45, 2.75) is 0 Å². The van der Waals surface area contributed by atoms with Gasteiger partial charge >= 0.3 is 0 Å². The van der Waals surface area contributed by atoms with Crippen LogP contribution < -0.4 is 5.32 Å². The summed E-state index contributed by atoms with van der Waals surface area (Å²) in [6.07, 6.45) is 1.53. The molecule has 3 rings (SSSR count). The molecule has 27 heavy (non-hydrogen) atoms. The number of benzene rings is 2. The van der Waals surface area contributed by atoms with Crippen molar-refractivity contribution in [3.63, 3.8) is 0 Å². The van der Waals surface area contributed by atoms with E-state index in [4.69, 9.17) is 5.26 Å². The topological polar surface area (TPSA) is 90.3 Å². The largest absolute Gasteiger partial charge is 0.325 e. The van der Waals surface area contributed by atoms with E-state index in [2.05, 4.69) is 5.32 Å². The predicted molar refractivity (Wildman–Crippen MR) is 98.9 cm³/mol. The van der Waals surface area contributed by atoms with Gasteiger partial charge in [0.15, 0.2) is 0 Å². The van der Waals surface area contributed by atoms with Gasteiger partial charge in [-0.3, -0.25) is 19.3 Å². The Morgan fingerprint density at radius 3 is 2.44 bits per heavy atom. The molecule has 3 amide bonds. The van der Waals surface area contributed by atoms with Gasteiger partial charge in [0.2, 0.25) is 5.91 Å². The van der Waals surface area contributed by atoms with Gasteiger partial charge in [0.1, 0.15) is 12.4 Å². The van der Waals surface area contributed by atoms with Crippen LogP contribution in [0, 0.1) is 17.1 Å². The number of thioether (sulfide) groups is 1. The van der Waals surface area contributed by atoms with Crippen LogP contribution >= 0.6 is 11.8 Å². The van der Waals surface area contributed by atoms with E-state index in [1.54, 1.807) is 24.3 Å². The number of rotatable bonds is 4. The summed E-state index contributed by atoms with van der Waals surface area (Å²) in [6, 6.07) is 13.7. The second-order valence-corrected chi connectivity index (χ2v) is 6.55. The molecule has 0 aromatic heterocycles. The van der Waals surface area contributed by atoms with Crippen LogP contribution in [0.2, 0.25) is 0 Å². The van der Waals surface area contributed by atoms with Crippen LogP contribution in [0.3, 0.4) is 0 Å². The number of nitrogens with zero attached hydrogens (tertiary/aromatic N) is 2. The fraction of sp³-hybridized carbons (Fsp3) is 0.0526. The normalized spacial score (nSPS) is 15.1. The lowest BCUT2D eigenvalue weighted by atomic mass is 10.1. The number of anilines is 1. The molecule has 2 aromatic carbocycles. The van der Waals surface area contributed by atoms with Gasteiger partial charge in [-0.15, -0.1) is 0 Å². The Kier molecular flexibility index (Phi) is 5.33. The van der Waals surface area contributed by atoms with Crippen LogP contribution in [0.15, 0.2) is 53.4 Å². The van der Waals surface area contributed by atoms with Crippen molar-refractivity contribution >= 4 is 40.6 Å². The van der Waals surface area contributed by atoms with Gasteiger partial charge < -0.3 is 5.32 Å². The summed E-state index contributed by atoms with van der Waals surface area (Å²) in [7, 11) is 0. The second kappa shape index (κ2) is 7.85. The molecule has 1 heterocycles. The molecule has 0 unspecified atom stereocenters. The highest BCUT2D eigenvalue weighted by atomic mass is 32.2. The summed E-state index contributed by atoms with van der Waals surface area (Å²) in [4.78, 5) is 37.6. The van der Waals surface area contributed by atoms with Gasteiger partial charge in [-0.2, -0.15) is 5.26 Å². The van der Waals surface area contributed by atoms with Crippen molar-refractivity contribution in [1.82, 2.24) is 4.90 Å². The third-order valence-corrected chi connectivity index (χ3v) is 4.55. The average molecular weight is 381 g/mol. The fourth-order valence-electron chi connectivity index (χ4n) is 2.32. The molecule has 0 atom stereocenters. The lowest BCUT2D eigenvalue weighted by Crippen LogP contribution is -2.36. The third kappa shape index (κ3) is 4.40. The van der Waals surface area contributed by atoms with Crippen molar-refractivity contribution in [3.8, 4) is 6.07 Å². The molecule has 0 saturated carbocycles. The summed E-state index contributed by atoms with van der Waals surface area (Å²) in [5.41, 5.74) is 1.51. The Morgan fingerprint density at radius 1 is 1.15 bits per heavy atom. The molecule has 8 heteroatoms. The maximum absolute atomic E-state index is 12.9. The maximum Gasteiger partial charge on any atom is 0.294 e. The van der Waals surface area contributed by atoms with Crippen LogP contribution in [0.25, 0.3) is 6.08 Å². The molecule has 0 bridgehead atoms. The summed E-state index contributed by atoms with van der Waals surface area (Å²) in [5.74, 6) is -1.57. The monoisotopic (exact) mass is 381 g/mol. The van der Waals surface area contributed by atoms with Crippen LogP contribution in [-0.4, -0.2) is 28.5 Å². The minimum absolute atomic E-state index is 0.194. The lowest BCUT2D eigenvalue weighted by Gasteiger charge is -2.12. The molecule has 6 nitrogen and oxygen atoms in total. The molecule has 0 spiro atoms. The first-order valence-electron chi connectivity index (χ1n) is 7.77. The van der Waals surface area contributed by atoms with E-state index in [9.17, 15) is 18.8 Å². The standard InChI is InChI=1S/C19H12FN3O3S/c20-14-5-7-15(8-6-14)22-17(24)11-23-18(25)16(27-19(23)26)9-12-1-3-13(10-21)4-2-12/h1-9H,11H2,(H,22,24)/b16-9+. The molecule has 1 aliphatic heterocycles. The number of nitrogens with one attached hydrogen (secondary N) is 1. The van der Waals surface area contributed by atoms with E-state index in [1.807, 2.05) is 6.07 Å². The first-order chi connectivity index (χ1) is 13.0. The number of carbonyl (C=O) groups excluding carboxylic acids is 3. The smallest absolute Gasteiger partial charge is 0.294 e. The van der Waals surface area contributed by atoms with E-state index >= 15 is 0 Å². The summed E-state index contributed by atoms with van der Waals surface area (Å²) in [5, 5.41) is 10.8. The molecule has 1 saturated heterocycles. The minimum atomic E-state index is -0.566. The highest BCUT2D eigenvalue weighted by molar-refractivity contribution is 8.18. The van der Waals surface area contributed by atoms with Gasteiger partial charge in [0.25, 0.3) is 11.1 Å². The quantitative estimate of drug-likeness (QED) is 0.820. The molecular formula is C19H12FN3O3S. The van der Waals surface area contributed by atoms with E-state index in [0.29, 0.717) is 16.8 Å². The van der Waals surface area contributed by atoms with E-state index in [1.165, 1.54) is 30.3 Å². The number of amides is 3. The van der Waals surface area contributed by atoms with Crippen LogP contribution in [-0.2, 0) is 9.59 Å². The van der Waals surface area contributed by atoms with Gasteiger partial charge in [-0.05, 0) is 59.8 Å². The lowest BCUT2D eigenvalue weighted by molar-refractivity contribution is -0.127. The molecule has 0 radical (unpaired) electrons. The average Bonchev–Trinajstić information content (AvgIpc) is 2.91. The van der Waals surface area contributed by atoms with Gasteiger partial charge in [0, 0.05) is 5.69 Å². The highest BCUT2D eigenvalue weighted by Gasteiger charge is 2.36. The molecule has 1 fully saturated rings. The van der Waals surface area contributed by atoms with Gasteiger partial charge in [-0.25, -0.2) is 4.39 Å². The van der Waals surface area contributed by atoms with Crippen LogP contribution in [0.4, 0.5) is 14.9 Å². The molecule has 134 valence electrons. The Morgan fingerprint density at radius 2 is 1.81 bits per heavy atom. The van der Waals surface area contributed by atoms with E-state index < -0.39 is 29.4 Å². The first-order valence-corrected chi connectivity index (χ1v) is 8.59. The molecule has 0 aliphatic carbocycles. The minimum Gasteiger partial charge on any atom is -0.325 e. The number of nitriles is 1. The van der Waals surface area contributed by atoms with Crippen LogP contribution in [0.5, 0.6) is 0 Å². The zero-order valence-corrected chi connectivity index (χ0v) is 14.6. The van der Waals surface area contributed by atoms with Crippen LogP contribution in [0.1, 0.15) is 11.1 Å². The van der Waals surface area contributed by atoms with Gasteiger partial charge in [0.05, 0.1) is 16.5 Å². The highest BCUT2D eigenvalue weighted by Crippen LogP contribution is 2.32. The number of carbonyl (C=O) groups is 3. The number of imide groups is 1. The first kappa shape index (κ1) is 18.4. The van der Waals surface area contributed by atoms with Crippen molar-refractivity contribution in [1.29, 1.82) is 5.26 Å². The molecule has 2 aromatic rings. The molecule has 1 aliphatic rings. The maximum atomic E-state index is 12.9. The molecular weight excluding hydrogens is 369 g/mol.